The zero-order valence-electron chi connectivity index (χ0n) is 9.97. The van der Waals surface area contributed by atoms with Crippen LogP contribution >= 0.6 is 0 Å². The van der Waals surface area contributed by atoms with Gasteiger partial charge in [0.15, 0.2) is 0 Å². The number of hydrogen-bond donors (Lipinski definition) is 1. The van der Waals surface area contributed by atoms with E-state index in [1.165, 1.54) is 44.3 Å². The summed E-state index contributed by atoms with van der Waals surface area (Å²) >= 11 is 0. The van der Waals surface area contributed by atoms with Crippen LogP contribution in [0.1, 0.15) is 39.0 Å². The first-order valence-corrected chi connectivity index (χ1v) is 6.45. The third-order valence-electron chi connectivity index (χ3n) is 3.90. The van der Waals surface area contributed by atoms with E-state index in [1.54, 1.807) is 0 Å². The smallest absolute Gasteiger partial charge is 0.0253 e. The Balaban J connectivity index is 1.89. The highest BCUT2D eigenvalue weighted by Crippen LogP contribution is 2.25. The Kier molecular flexibility index (Phi) is 3.81. The van der Waals surface area contributed by atoms with E-state index in [4.69, 9.17) is 0 Å². The highest BCUT2D eigenvalue weighted by Gasteiger charge is 2.32. The van der Waals surface area contributed by atoms with Crippen LogP contribution in [0.5, 0.6) is 0 Å². The monoisotopic (exact) mass is 208 g/mol. The summed E-state index contributed by atoms with van der Waals surface area (Å²) in [5.41, 5.74) is 1.39. The number of hydrogen-bond acceptors (Lipinski definition) is 2. The van der Waals surface area contributed by atoms with Crippen molar-refractivity contribution in [2.24, 2.45) is 0 Å². The molecule has 2 atom stereocenters. The number of likely N-dealkylation sites (tertiary alicyclic amines) is 1. The highest BCUT2D eigenvalue weighted by atomic mass is 15.2. The molecule has 0 aromatic rings. The average Bonchev–Trinajstić information content (AvgIpc) is 2.86. The molecule has 0 aliphatic carbocycles. The molecule has 0 bridgehead atoms. The maximum Gasteiger partial charge on any atom is 0.0253 e. The van der Waals surface area contributed by atoms with Crippen LogP contribution in [0.25, 0.3) is 0 Å². The van der Waals surface area contributed by atoms with E-state index in [0.29, 0.717) is 0 Å². The molecule has 0 amide bonds. The van der Waals surface area contributed by atoms with Crippen molar-refractivity contribution in [3.63, 3.8) is 0 Å². The second-order valence-corrected chi connectivity index (χ2v) is 4.99. The molecule has 2 saturated heterocycles. The van der Waals surface area contributed by atoms with Crippen molar-refractivity contribution in [1.29, 1.82) is 0 Å². The van der Waals surface area contributed by atoms with Gasteiger partial charge in [-0.2, -0.15) is 0 Å². The number of rotatable bonds is 4. The maximum atomic E-state index is 4.14. The van der Waals surface area contributed by atoms with Crippen molar-refractivity contribution in [1.82, 2.24) is 10.2 Å². The van der Waals surface area contributed by atoms with Gasteiger partial charge in [0.1, 0.15) is 0 Å². The van der Waals surface area contributed by atoms with Crippen LogP contribution in [0.2, 0.25) is 0 Å². The Hall–Kier alpha value is -0.340. The molecule has 0 radical (unpaired) electrons. The zero-order valence-corrected chi connectivity index (χ0v) is 9.97. The molecule has 15 heavy (non-hydrogen) atoms. The summed E-state index contributed by atoms with van der Waals surface area (Å²) in [6.45, 7) is 9.98. The topological polar surface area (TPSA) is 15.3 Å². The van der Waals surface area contributed by atoms with Crippen molar-refractivity contribution in [2.45, 2.75) is 51.1 Å². The van der Waals surface area contributed by atoms with E-state index < -0.39 is 0 Å². The third-order valence-corrected chi connectivity index (χ3v) is 3.90. The van der Waals surface area contributed by atoms with E-state index in [-0.39, 0.29) is 0 Å². The lowest BCUT2D eigenvalue weighted by molar-refractivity contribution is 0.229. The Morgan fingerprint density at radius 1 is 1.40 bits per heavy atom. The fourth-order valence-electron chi connectivity index (χ4n) is 2.94. The predicted octanol–water partition coefficient (Wildman–Crippen LogP) is 2.17. The number of nitrogens with zero attached hydrogens (tertiary/aromatic N) is 1. The first-order valence-electron chi connectivity index (χ1n) is 6.45. The largest absolute Gasteiger partial charge is 0.312 e. The van der Waals surface area contributed by atoms with Crippen molar-refractivity contribution < 1.29 is 0 Å². The van der Waals surface area contributed by atoms with Gasteiger partial charge in [-0.15, -0.1) is 0 Å². The van der Waals surface area contributed by atoms with E-state index in [0.717, 1.165) is 25.0 Å². The minimum Gasteiger partial charge on any atom is -0.312 e. The standard InChI is InChI=1S/C13H24N2/c1-3-11(2)10-15-9-5-7-13(15)12-6-4-8-14-12/h12-14H,2-10H2,1H3. The normalized spacial score (nSPS) is 32.3. The first kappa shape index (κ1) is 11.2. The van der Waals surface area contributed by atoms with E-state index in [9.17, 15) is 0 Å². The highest BCUT2D eigenvalue weighted by molar-refractivity contribution is 5.01. The molecule has 2 aliphatic rings. The van der Waals surface area contributed by atoms with Gasteiger partial charge in [-0.05, 0) is 45.2 Å². The Morgan fingerprint density at radius 2 is 2.27 bits per heavy atom. The maximum absolute atomic E-state index is 4.14. The Bertz CT molecular complexity index is 219. The van der Waals surface area contributed by atoms with Crippen molar-refractivity contribution in [2.75, 3.05) is 19.6 Å². The molecule has 2 rings (SSSR count). The van der Waals surface area contributed by atoms with E-state index in [2.05, 4.69) is 23.7 Å². The summed E-state index contributed by atoms with van der Waals surface area (Å²) in [6.07, 6.45) is 6.62. The summed E-state index contributed by atoms with van der Waals surface area (Å²) in [5, 5.41) is 3.65. The summed E-state index contributed by atoms with van der Waals surface area (Å²) in [4.78, 5) is 2.65. The van der Waals surface area contributed by atoms with Gasteiger partial charge < -0.3 is 5.32 Å². The molecular formula is C13H24N2. The average molecular weight is 208 g/mol. The van der Waals surface area contributed by atoms with E-state index in [1.807, 2.05) is 0 Å². The molecule has 2 fully saturated rings. The van der Waals surface area contributed by atoms with Gasteiger partial charge in [0.05, 0.1) is 0 Å². The second kappa shape index (κ2) is 5.13. The second-order valence-electron chi connectivity index (χ2n) is 4.99. The van der Waals surface area contributed by atoms with Crippen LogP contribution in [0, 0.1) is 0 Å². The molecule has 2 aliphatic heterocycles. The third kappa shape index (κ3) is 2.61. The van der Waals surface area contributed by atoms with Gasteiger partial charge in [-0.25, -0.2) is 0 Å². The van der Waals surface area contributed by atoms with Gasteiger partial charge in [0.25, 0.3) is 0 Å². The van der Waals surface area contributed by atoms with Crippen LogP contribution in [0.4, 0.5) is 0 Å². The van der Waals surface area contributed by atoms with Gasteiger partial charge in [-0.3, -0.25) is 4.90 Å². The summed E-state index contributed by atoms with van der Waals surface area (Å²) in [6, 6.07) is 1.55. The van der Waals surface area contributed by atoms with E-state index >= 15 is 0 Å². The van der Waals surface area contributed by atoms with Gasteiger partial charge in [-0.1, -0.05) is 19.1 Å². The van der Waals surface area contributed by atoms with Gasteiger partial charge in [0, 0.05) is 18.6 Å². The molecule has 2 heteroatoms. The minimum atomic E-state index is 0.761. The molecule has 0 aromatic carbocycles. The van der Waals surface area contributed by atoms with Crippen LogP contribution in [0.3, 0.4) is 0 Å². The quantitative estimate of drug-likeness (QED) is 0.712. The molecule has 0 spiro atoms. The number of nitrogens with one attached hydrogen (secondary N) is 1. The molecular weight excluding hydrogens is 184 g/mol. The van der Waals surface area contributed by atoms with Gasteiger partial charge >= 0.3 is 0 Å². The van der Waals surface area contributed by atoms with Crippen LogP contribution in [-0.4, -0.2) is 36.6 Å². The van der Waals surface area contributed by atoms with Crippen molar-refractivity contribution >= 4 is 0 Å². The molecule has 86 valence electrons. The molecule has 1 N–H and O–H groups in total. The van der Waals surface area contributed by atoms with Crippen LogP contribution in [-0.2, 0) is 0 Å². The Morgan fingerprint density at radius 3 is 2.93 bits per heavy atom. The molecule has 2 heterocycles. The van der Waals surface area contributed by atoms with Crippen molar-refractivity contribution in [3.05, 3.63) is 12.2 Å². The summed E-state index contributed by atoms with van der Waals surface area (Å²) in [7, 11) is 0. The SMILES string of the molecule is C=C(CC)CN1CCCC1C1CCCN1. The molecule has 0 saturated carbocycles. The summed E-state index contributed by atoms with van der Waals surface area (Å²) in [5.74, 6) is 0. The van der Waals surface area contributed by atoms with Crippen LogP contribution in [0.15, 0.2) is 12.2 Å². The zero-order chi connectivity index (χ0) is 10.7. The molecule has 2 unspecified atom stereocenters. The fourth-order valence-corrected chi connectivity index (χ4v) is 2.94. The lowest BCUT2D eigenvalue weighted by atomic mass is 10.0. The van der Waals surface area contributed by atoms with Gasteiger partial charge in [0.2, 0.25) is 0 Å². The fraction of sp³-hybridized carbons (Fsp3) is 0.846. The summed E-state index contributed by atoms with van der Waals surface area (Å²) < 4.78 is 0. The molecule has 0 aromatic heterocycles. The van der Waals surface area contributed by atoms with Crippen molar-refractivity contribution in [3.8, 4) is 0 Å². The predicted molar refractivity (Wildman–Crippen MR) is 65.1 cm³/mol. The minimum absolute atomic E-state index is 0.761. The first-order chi connectivity index (χ1) is 7.31. The van der Waals surface area contributed by atoms with Crippen LogP contribution < -0.4 is 5.32 Å². The lowest BCUT2D eigenvalue weighted by Gasteiger charge is -2.29. The molecule has 2 nitrogen and oxygen atoms in total. The lowest BCUT2D eigenvalue weighted by Crippen LogP contribution is -2.44. The Labute approximate surface area is 93.7 Å².